The predicted molar refractivity (Wildman–Crippen MR) is 129 cm³/mol. The molecule has 2 aromatic carbocycles. The lowest BCUT2D eigenvalue weighted by molar-refractivity contribution is -0.123. The molecule has 32 heavy (non-hydrogen) atoms. The summed E-state index contributed by atoms with van der Waals surface area (Å²) in [5.41, 5.74) is 6.32. The molecule has 0 heterocycles. The first-order chi connectivity index (χ1) is 15.3. The van der Waals surface area contributed by atoms with Gasteiger partial charge in [0.2, 0.25) is 0 Å². The predicted octanol–water partition coefficient (Wildman–Crippen LogP) is 3.31. The van der Waals surface area contributed by atoms with Gasteiger partial charge in [-0.05, 0) is 63.9 Å². The third-order valence-corrected chi connectivity index (χ3v) is 5.02. The van der Waals surface area contributed by atoms with E-state index >= 15 is 0 Å². The van der Waals surface area contributed by atoms with Gasteiger partial charge in [0.1, 0.15) is 18.1 Å². The first-order valence-electron chi connectivity index (χ1n) is 9.85. The SMILES string of the molecule is COCCOc1ccccc1C(=O)NC(=S)NNC(=O)COc1ccc(C(C)C)cc1Br. The van der Waals surface area contributed by atoms with E-state index in [1.807, 2.05) is 12.1 Å². The van der Waals surface area contributed by atoms with Crippen LogP contribution < -0.4 is 25.6 Å². The lowest BCUT2D eigenvalue weighted by Crippen LogP contribution is -2.49. The highest BCUT2D eigenvalue weighted by Gasteiger charge is 2.14. The van der Waals surface area contributed by atoms with Gasteiger partial charge in [-0.2, -0.15) is 0 Å². The molecule has 0 bridgehead atoms. The Balaban J connectivity index is 1.80. The summed E-state index contributed by atoms with van der Waals surface area (Å²) in [7, 11) is 1.56. The number of hydrogen-bond donors (Lipinski definition) is 3. The summed E-state index contributed by atoms with van der Waals surface area (Å²) in [5.74, 6) is 0.384. The van der Waals surface area contributed by atoms with Crippen LogP contribution in [0.1, 0.15) is 35.7 Å². The van der Waals surface area contributed by atoms with Crippen LogP contribution in [0, 0.1) is 0 Å². The normalized spacial score (nSPS) is 10.4. The number of nitrogens with one attached hydrogen (secondary N) is 3. The molecule has 172 valence electrons. The number of ether oxygens (including phenoxy) is 3. The van der Waals surface area contributed by atoms with Crippen LogP contribution in [0.25, 0.3) is 0 Å². The highest BCUT2D eigenvalue weighted by molar-refractivity contribution is 9.10. The van der Waals surface area contributed by atoms with Crippen LogP contribution in [0.3, 0.4) is 0 Å². The lowest BCUT2D eigenvalue weighted by Gasteiger charge is -2.14. The van der Waals surface area contributed by atoms with Gasteiger partial charge >= 0.3 is 0 Å². The second-order valence-corrected chi connectivity index (χ2v) is 8.19. The summed E-state index contributed by atoms with van der Waals surface area (Å²) in [6.45, 7) is 4.64. The quantitative estimate of drug-likeness (QED) is 0.263. The molecule has 2 amide bonds. The number of halogens is 1. The highest BCUT2D eigenvalue weighted by atomic mass is 79.9. The van der Waals surface area contributed by atoms with E-state index in [4.69, 9.17) is 26.4 Å². The standard InChI is InChI=1S/C22H26BrN3O5S/c1-14(2)15-8-9-19(17(23)12-15)31-13-20(27)25-26-22(32)24-21(28)16-6-4-5-7-18(16)30-11-10-29-3/h4-9,12,14H,10-11,13H2,1-3H3,(H,25,27)(H2,24,26,28,32). The molecule has 0 aliphatic heterocycles. The molecule has 3 N–H and O–H groups in total. The average Bonchev–Trinajstić information content (AvgIpc) is 2.77. The van der Waals surface area contributed by atoms with Gasteiger partial charge in [0.05, 0.1) is 16.6 Å². The summed E-state index contributed by atoms with van der Waals surface area (Å²) in [6.07, 6.45) is 0. The Morgan fingerprint density at radius 3 is 2.47 bits per heavy atom. The Kier molecular flexibility index (Phi) is 10.4. The molecule has 2 aromatic rings. The fourth-order valence-corrected chi connectivity index (χ4v) is 3.17. The van der Waals surface area contributed by atoms with Crippen molar-refractivity contribution in [3.63, 3.8) is 0 Å². The first-order valence-corrected chi connectivity index (χ1v) is 11.0. The molecular weight excluding hydrogens is 498 g/mol. The van der Waals surface area contributed by atoms with Crippen LogP contribution in [0.4, 0.5) is 0 Å². The van der Waals surface area contributed by atoms with E-state index in [2.05, 4.69) is 45.9 Å². The molecule has 8 nitrogen and oxygen atoms in total. The number of para-hydroxylation sites is 1. The van der Waals surface area contributed by atoms with E-state index in [0.717, 1.165) is 10.0 Å². The minimum absolute atomic E-state index is 0.0717. The Morgan fingerprint density at radius 1 is 1.03 bits per heavy atom. The number of rotatable bonds is 9. The lowest BCUT2D eigenvalue weighted by atomic mass is 10.0. The van der Waals surface area contributed by atoms with Crippen LogP contribution in [-0.2, 0) is 9.53 Å². The van der Waals surface area contributed by atoms with E-state index in [-0.39, 0.29) is 11.7 Å². The Labute approximate surface area is 201 Å². The molecule has 0 unspecified atom stereocenters. The molecule has 0 saturated heterocycles. The van der Waals surface area contributed by atoms with Crippen LogP contribution in [0.5, 0.6) is 11.5 Å². The summed E-state index contributed by atoms with van der Waals surface area (Å²) < 4.78 is 16.8. The summed E-state index contributed by atoms with van der Waals surface area (Å²) in [6, 6.07) is 12.4. The minimum atomic E-state index is -0.477. The second-order valence-electron chi connectivity index (χ2n) is 6.93. The number of methoxy groups -OCH3 is 1. The van der Waals surface area contributed by atoms with Gasteiger partial charge < -0.3 is 14.2 Å². The van der Waals surface area contributed by atoms with Crippen LogP contribution >= 0.6 is 28.1 Å². The van der Waals surface area contributed by atoms with Crippen LogP contribution in [-0.4, -0.2) is 43.9 Å². The van der Waals surface area contributed by atoms with Crippen molar-refractivity contribution in [3.05, 3.63) is 58.1 Å². The fraction of sp³-hybridized carbons (Fsp3) is 0.318. The van der Waals surface area contributed by atoms with E-state index in [9.17, 15) is 9.59 Å². The fourth-order valence-electron chi connectivity index (χ4n) is 2.52. The van der Waals surface area contributed by atoms with E-state index in [1.165, 1.54) is 0 Å². The van der Waals surface area contributed by atoms with Crippen molar-refractivity contribution in [3.8, 4) is 11.5 Å². The number of carbonyl (C=O) groups excluding carboxylic acids is 2. The van der Waals surface area contributed by atoms with Crippen molar-refractivity contribution in [2.24, 2.45) is 0 Å². The first kappa shape index (κ1) is 25.6. The molecule has 0 atom stereocenters. The van der Waals surface area contributed by atoms with Crippen LogP contribution in [0.2, 0.25) is 0 Å². The van der Waals surface area contributed by atoms with Gasteiger partial charge in [-0.1, -0.05) is 32.0 Å². The monoisotopic (exact) mass is 523 g/mol. The number of amides is 2. The number of hydrazine groups is 1. The summed E-state index contributed by atoms with van der Waals surface area (Å²) in [5, 5.41) is 2.42. The van der Waals surface area contributed by atoms with Gasteiger partial charge in [0.15, 0.2) is 11.7 Å². The maximum atomic E-state index is 12.5. The zero-order valence-corrected chi connectivity index (χ0v) is 20.5. The van der Waals surface area contributed by atoms with Crippen molar-refractivity contribution in [1.29, 1.82) is 0 Å². The Morgan fingerprint density at radius 2 is 1.78 bits per heavy atom. The van der Waals surface area contributed by atoms with E-state index < -0.39 is 11.8 Å². The minimum Gasteiger partial charge on any atom is -0.490 e. The molecule has 0 saturated carbocycles. The average molecular weight is 524 g/mol. The number of carbonyl (C=O) groups is 2. The zero-order chi connectivity index (χ0) is 23.5. The Hall–Kier alpha value is -2.69. The smallest absolute Gasteiger partial charge is 0.276 e. The van der Waals surface area contributed by atoms with E-state index in [1.54, 1.807) is 37.4 Å². The zero-order valence-electron chi connectivity index (χ0n) is 18.1. The molecular formula is C22H26BrN3O5S. The molecule has 0 fully saturated rings. The molecule has 0 aromatic heterocycles. The third kappa shape index (κ3) is 8.10. The van der Waals surface area contributed by atoms with Crippen LogP contribution in [0.15, 0.2) is 46.9 Å². The number of thiocarbonyl (C=S) groups is 1. The topological polar surface area (TPSA) is 97.9 Å². The number of benzene rings is 2. The molecule has 0 radical (unpaired) electrons. The summed E-state index contributed by atoms with van der Waals surface area (Å²) in [4.78, 5) is 24.5. The maximum absolute atomic E-state index is 12.5. The Bertz CT molecular complexity index is 955. The maximum Gasteiger partial charge on any atom is 0.276 e. The highest BCUT2D eigenvalue weighted by Crippen LogP contribution is 2.28. The van der Waals surface area contributed by atoms with Crippen molar-refractivity contribution in [2.45, 2.75) is 19.8 Å². The van der Waals surface area contributed by atoms with Crippen molar-refractivity contribution >= 4 is 45.1 Å². The molecule has 0 aliphatic rings. The van der Waals surface area contributed by atoms with Crippen molar-refractivity contribution in [2.75, 3.05) is 26.9 Å². The van der Waals surface area contributed by atoms with Gasteiger partial charge in [-0.25, -0.2) is 0 Å². The summed E-state index contributed by atoms with van der Waals surface area (Å²) >= 11 is 8.51. The van der Waals surface area contributed by atoms with Crippen molar-refractivity contribution in [1.82, 2.24) is 16.2 Å². The number of hydrogen-bond acceptors (Lipinski definition) is 6. The molecule has 0 aliphatic carbocycles. The largest absolute Gasteiger partial charge is 0.490 e. The van der Waals surface area contributed by atoms with Gasteiger partial charge in [0, 0.05) is 7.11 Å². The van der Waals surface area contributed by atoms with Crippen molar-refractivity contribution < 1.29 is 23.8 Å². The van der Waals surface area contributed by atoms with Gasteiger partial charge in [0.25, 0.3) is 11.8 Å². The van der Waals surface area contributed by atoms with Gasteiger partial charge in [-0.15, -0.1) is 0 Å². The molecule has 2 rings (SSSR count). The third-order valence-electron chi connectivity index (χ3n) is 4.20. The second kappa shape index (κ2) is 13.0. The molecule has 0 spiro atoms. The van der Waals surface area contributed by atoms with Gasteiger partial charge in [-0.3, -0.25) is 25.8 Å². The van der Waals surface area contributed by atoms with E-state index in [0.29, 0.717) is 36.2 Å². The molecule has 10 heteroatoms.